The molecule has 0 radical (unpaired) electrons. The number of carbonyl (C=O) groups excluding carboxylic acids is 2. The van der Waals surface area contributed by atoms with E-state index in [1.165, 1.54) is 0 Å². The average Bonchev–Trinajstić information content (AvgIpc) is 2.72. The monoisotopic (exact) mass is 468 g/mol. The van der Waals surface area contributed by atoms with E-state index in [0.717, 1.165) is 17.5 Å². The molecule has 7 heteroatoms. The normalized spacial score (nSPS) is 12.9. The number of hydrogen-bond donors (Lipinski definition) is 1. The van der Waals surface area contributed by atoms with Crippen molar-refractivity contribution in [2.75, 3.05) is 0 Å². The SMILES string of the molecule is CC[C@H](C(=O)N[C@@H](C)CC)N(Cc1ccc(Cl)c(Cl)c1)C(=O)Cc1ccc(Cl)cc1. The van der Waals surface area contributed by atoms with E-state index in [9.17, 15) is 9.59 Å². The van der Waals surface area contributed by atoms with Crippen molar-refractivity contribution in [1.29, 1.82) is 0 Å². The Balaban J connectivity index is 2.31. The number of hydrogen-bond acceptors (Lipinski definition) is 2. The van der Waals surface area contributed by atoms with Crippen molar-refractivity contribution in [3.63, 3.8) is 0 Å². The molecule has 2 aromatic carbocycles. The van der Waals surface area contributed by atoms with Crippen molar-refractivity contribution >= 4 is 46.6 Å². The first-order valence-electron chi connectivity index (χ1n) is 10.0. The molecule has 2 rings (SSSR count). The molecule has 0 saturated heterocycles. The van der Waals surface area contributed by atoms with Gasteiger partial charge in [-0.2, -0.15) is 0 Å². The van der Waals surface area contributed by atoms with Gasteiger partial charge in [-0.25, -0.2) is 0 Å². The summed E-state index contributed by atoms with van der Waals surface area (Å²) in [7, 11) is 0. The minimum atomic E-state index is -0.590. The molecular formula is C23H27Cl3N2O2. The van der Waals surface area contributed by atoms with E-state index in [-0.39, 0.29) is 30.8 Å². The summed E-state index contributed by atoms with van der Waals surface area (Å²) in [5.74, 6) is -0.300. The number of halogens is 3. The molecule has 0 bridgehead atoms. The van der Waals surface area contributed by atoms with E-state index in [1.807, 2.05) is 39.0 Å². The molecule has 0 aromatic heterocycles. The second-order valence-corrected chi connectivity index (χ2v) is 8.57. The summed E-state index contributed by atoms with van der Waals surface area (Å²) in [6.07, 6.45) is 1.48. The molecule has 0 fully saturated rings. The Morgan fingerprint density at radius 2 is 1.57 bits per heavy atom. The number of benzene rings is 2. The summed E-state index contributed by atoms with van der Waals surface area (Å²) < 4.78 is 0. The van der Waals surface area contributed by atoms with Crippen molar-refractivity contribution in [2.24, 2.45) is 0 Å². The zero-order valence-electron chi connectivity index (χ0n) is 17.4. The summed E-state index contributed by atoms with van der Waals surface area (Å²) in [5, 5.41) is 4.46. The van der Waals surface area contributed by atoms with Gasteiger partial charge < -0.3 is 10.2 Å². The maximum absolute atomic E-state index is 13.3. The molecule has 2 amide bonds. The van der Waals surface area contributed by atoms with Crippen molar-refractivity contribution in [3.05, 3.63) is 68.7 Å². The molecule has 30 heavy (non-hydrogen) atoms. The van der Waals surface area contributed by atoms with Crippen LogP contribution in [0.1, 0.15) is 44.7 Å². The van der Waals surface area contributed by atoms with Gasteiger partial charge in [-0.05, 0) is 55.2 Å². The third kappa shape index (κ3) is 6.90. The van der Waals surface area contributed by atoms with Crippen LogP contribution in [0.3, 0.4) is 0 Å². The van der Waals surface area contributed by atoms with Gasteiger partial charge in [0.1, 0.15) is 6.04 Å². The molecule has 4 nitrogen and oxygen atoms in total. The fourth-order valence-electron chi connectivity index (χ4n) is 3.07. The number of nitrogens with one attached hydrogen (secondary N) is 1. The van der Waals surface area contributed by atoms with E-state index in [2.05, 4.69) is 5.32 Å². The summed E-state index contributed by atoms with van der Waals surface area (Å²) in [6.45, 7) is 6.11. The van der Waals surface area contributed by atoms with Crippen LogP contribution in [0.25, 0.3) is 0 Å². The maximum atomic E-state index is 13.3. The third-order valence-electron chi connectivity index (χ3n) is 4.99. The van der Waals surface area contributed by atoms with Gasteiger partial charge in [0.05, 0.1) is 16.5 Å². The first-order valence-corrected chi connectivity index (χ1v) is 11.2. The van der Waals surface area contributed by atoms with Gasteiger partial charge >= 0.3 is 0 Å². The number of rotatable bonds is 9. The lowest BCUT2D eigenvalue weighted by molar-refractivity contribution is -0.141. The van der Waals surface area contributed by atoms with Crippen molar-refractivity contribution < 1.29 is 9.59 Å². The highest BCUT2D eigenvalue weighted by molar-refractivity contribution is 6.42. The second-order valence-electron chi connectivity index (χ2n) is 7.32. The smallest absolute Gasteiger partial charge is 0.243 e. The van der Waals surface area contributed by atoms with Crippen LogP contribution in [0.2, 0.25) is 15.1 Å². The molecule has 2 aromatic rings. The third-order valence-corrected chi connectivity index (χ3v) is 5.98. The van der Waals surface area contributed by atoms with E-state index in [1.54, 1.807) is 29.2 Å². The van der Waals surface area contributed by atoms with Crippen molar-refractivity contribution in [3.8, 4) is 0 Å². The molecular weight excluding hydrogens is 443 g/mol. The lowest BCUT2D eigenvalue weighted by Crippen LogP contribution is -2.51. The van der Waals surface area contributed by atoms with Gasteiger partial charge in [0.25, 0.3) is 0 Å². The van der Waals surface area contributed by atoms with E-state index in [0.29, 0.717) is 21.5 Å². The van der Waals surface area contributed by atoms with E-state index in [4.69, 9.17) is 34.8 Å². The van der Waals surface area contributed by atoms with Crippen LogP contribution in [0.5, 0.6) is 0 Å². The Hall–Kier alpha value is -1.75. The average molecular weight is 470 g/mol. The number of amides is 2. The van der Waals surface area contributed by atoms with Crippen molar-refractivity contribution in [1.82, 2.24) is 10.2 Å². The Labute approximate surface area is 193 Å². The first-order chi connectivity index (χ1) is 14.2. The summed E-state index contributed by atoms with van der Waals surface area (Å²) in [4.78, 5) is 27.8. The maximum Gasteiger partial charge on any atom is 0.243 e. The molecule has 0 aliphatic heterocycles. The Kier molecular flexibility index (Phi) is 9.47. The largest absolute Gasteiger partial charge is 0.352 e. The van der Waals surface area contributed by atoms with Crippen LogP contribution in [0, 0.1) is 0 Å². The zero-order valence-corrected chi connectivity index (χ0v) is 19.7. The number of carbonyl (C=O) groups is 2. The number of nitrogens with zero attached hydrogens (tertiary/aromatic N) is 1. The predicted octanol–water partition coefficient (Wildman–Crippen LogP) is 5.91. The lowest BCUT2D eigenvalue weighted by atomic mass is 10.1. The second kappa shape index (κ2) is 11.6. The van der Waals surface area contributed by atoms with Gasteiger partial charge in [-0.15, -0.1) is 0 Å². The van der Waals surface area contributed by atoms with Crippen LogP contribution in [-0.4, -0.2) is 28.8 Å². The highest BCUT2D eigenvalue weighted by Crippen LogP contribution is 2.24. The predicted molar refractivity (Wildman–Crippen MR) is 124 cm³/mol. The quantitative estimate of drug-likeness (QED) is 0.496. The standard InChI is InChI=1S/C23H27Cl3N2O2/c1-4-15(3)27-23(30)21(5-2)28(14-17-8-11-19(25)20(26)12-17)22(29)13-16-6-9-18(24)10-7-16/h6-12,15,21H,4-5,13-14H2,1-3H3,(H,27,30)/t15-,21+/m0/s1. The fraction of sp³-hybridized carbons (Fsp3) is 0.391. The van der Waals surface area contributed by atoms with Crippen LogP contribution >= 0.6 is 34.8 Å². The molecule has 1 N–H and O–H groups in total. The highest BCUT2D eigenvalue weighted by atomic mass is 35.5. The minimum Gasteiger partial charge on any atom is -0.352 e. The van der Waals surface area contributed by atoms with Crippen LogP contribution in [0.4, 0.5) is 0 Å². The van der Waals surface area contributed by atoms with Gasteiger partial charge in [-0.3, -0.25) is 9.59 Å². The Morgan fingerprint density at radius 1 is 0.933 bits per heavy atom. The van der Waals surface area contributed by atoms with Gasteiger partial charge in [-0.1, -0.05) is 66.8 Å². The molecule has 0 aliphatic rings. The summed E-state index contributed by atoms with van der Waals surface area (Å²) in [6, 6.07) is 11.8. The highest BCUT2D eigenvalue weighted by Gasteiger charge is 2.29. The van der Waals surface area contributed by atoms with Gasteiger partial charge in [0.2, 0.25) is 11.8 Å². The molecule has 0 spiro atoms. The lowest BCUT2D eigenvalue weighted by Gasteiger charge is -2.31. The van der Waals surface area contributed by atoms with Gasteiger partial charge in [0.15, 0.2) is 0 Å². The zero-order chi connectivity index (χ0) is 22.3. The first kappa shape index (κ1) is 24.5. The van der Waals surface area contributed by atoms with Crippen LogP contribution in [-0.2, 0) is 22.6 Å². The molecule has 2 atom stereocenters. The fourth-order valence-corrected chi connectivity index (χ4v) is 3.52. The van der Waals surface area contributed by atoms with Crippen molar-refractivity contribution in [2.45, 2.75) is 58.7 Å². The summed E-state index contributed by atoms with van der Waals surface area (Å²) in [5.41, 5.74) is 1.64. The Morgan fingerprint density at radius 3 is 2.13 bits per heavy atom. The molecule has 162 valence electrons. The topological polar surface area (TPSA) is 49.4 Å². The van der Waals surface area contributed by atoms with E-state index >= 15 is 0 Å². The molecule has 0 aliphatic carbocycles. The molecule has 0 saturated carbocycles. The van der Waals surface area contributed by atoms with E-state index < -0.39 is 6.04 Å². The van der Waals surface area contributed by atoms with Crippen LogP contribution < -0.4 is 5.32 Å². The Bertz CT molecular complexity index is 871. The summed E-state index contributed by atoms with van der Waals surface area (Å²) >= 11 is 18.1. The van der Waals surface area contributed by atoms with Crippen LogP contribution in [0.15, 0.2) is 42.5 Å². The van der Waals surface area contributed by atoms with Gasteiger partial charge in [0, 0.05) is 17.6 Å². The molecule has 0 heterocycles. The minimum absolute atomic E-state index is 0.0322. The molecule has 0 unspecified atom stereocenters.